The molecule has 2 amide bonds. The average Bonchev–Trinajstić information content (AvgIpc) is 2.77. The minimum Gasteiger partial charge on any atom is -0.465 e. The molecular formula is C23H19N3O3. The van der Waals surface area contributed by atoms with Crippen LogP contribution in [0.5, 0.6) is 0 Å². The van der Waals surface area contributed by atoms with Crippen molar-refractivity contribution < 1.29 is 14.3 Å². The Morgan fingerprint density at radius 3 is 2.45 bits per heavy atom. The van der Waals surface area contributed by atoms with E-state index in [-0.39, 0.29) is 6.03 Å². The van der Waals surface area contributed by atoms with Gasteiger partial charge in [-0.15, -0.1) is 0 Å². The molecule has 0 saturated carbocycles. The van der Waals surface area contributed by atoms with Crippen molar-refractivity contribution in [1.82, 2.24) is 10.3 Å². The quantitative estimate of drug-likeness (QED) is 0.531. The van der Waals surface area contributed by atoms with Crippen LogP contribution in [-0.4, -0.2) is 24.1 Å². The fourth-order valence-electron chi connectivity index (χ4n) is 2.51. The molecule has 0 fully saturated rings. The second kappa shape index (κ2) is 9.72. The molecule has 0 radical (unpaired) electrons. The first-order valence-corrected chi connectivity index (χ1v) is 8.89. The number of carbonyl (C=O) groups is 2. The van der Waals surface area contributed by atoms with E-state index in [4.69, 9.17) is 4.74 Å². The van der Waals surface area contributed by atoms with E-state index < -0.39 is 5.97 Å². The van der Waals surface area contributed by atoms with Crippen LogP contribution >= 0.6 is 0 Å². The summed E-state index contributed by atoms with van der Waals surface area (Å²) >= 11 is 0. The molecule has 0 spiro atoms. The van der Waals surface area contributed by atoms with Crippen LogP contribution in [-0.2, 0) is 11.3 Å². The Balaban J connectivity index is 1.64. The highest BCUT2D eigenvalue weighted by atomic mass is 16.5. The van der Waals surface area contributed by atoms with Crippen LogP contribution < -0.4 is 10.6 Å². The number of nitrogens with one attached hydrogen (secondary N) is 2. The summed E-state index contributed by atoms with van der Waals surface area (Å²) in [5, 5.41) is 5.53. The summed E-state index contributed by atoms with van der Waals surface area (Å²) in [5.41, 5.74) is 3.27. The number of amides is 2. The molecular weight excluding hydrogens is 366 g/mol. The van der Waals surface area contributed by atoms with Crippen LogP contribution in [0.3, 0.4) is 0 Å². The predicted octanol–water partition coefficient (Wildman–Crippen LogP) is 3.59. The van der Waals surface area contributed by atoms with Crippen molar-refractivity contribution in [3.05, 3.63) is 95.3 Å². The predicted molar refractivity (Wildman–Crippen MR) is 110 cm³/mol. The maximum atomic E-state index is 12.1. The van der Waals surface area contributed by atoms with E-state index >= 15 is 0 Å². The third-order valence-corrected chi connectivity index (χ3v) is 3.91. The summed E-state index contributed by atoms with van der Waals surface area (Å²) in [6, 6.07) is 19.3. The molecule has 0 aliphatic heterocycles. The van der Waals surface area contributed by atoms with E-state index in [1.165, 1.54) is 7.11 Å². The summed E-state index contributed by atoms with van der Waals surface area (Å²) in [4.78, 5) is 27.8. The first-order valence-electron chi connectivity index (χ1n) is 8.89. The van der Waals surface area contributed by atoms with Crippen molar-refractivity contribution in [3.8, 4) is 11.8 Å². The lowest BCUT2D eigenvalue weighted by Gasteiger charge is -2.07. The zero-order valence-electron chi connectivity index (χ0n) is 15.8. The van der Waals surface area contributed by atoms with Gasteiger partial charge in [0.15, 0.2) is 0 Å². The number of methoxy groups -OCH3 is 1. The molecule has 2 N–H and O–H groups in total. The number of pyridine rings is 1. The van der Waals surface area contributed by atoms with E-state index in [0.29, 0.717) is 23.4 Å². The Hall–Kier alpha value is -4.11. The summed E-state index contributed by atoms with van der Waals surface area (Å²) in [6.07, 6.45) is 1.68. The number of esters is 1. The number of ether oxygens (including phenoxy) is 1. The van der Waals surface area contributed by atoms with Crippen LogP contribution in [0, 0.1) is 11.8 Å². The van der Waals surface area contributed by atoms with Crippen molar-refractivity contribution in [2.75, 3.05) is 12.4 Å². The Bertz CT molecular complexity index is 1070. The summed E-state index contributed by atoms with van der Waals surface area (Å²) in [5.74, 6) is 5.64. The molecule has 0 saturated heterocycles. The molecule has 3 aromatic rings. The van der Waals surface area contributed by atoms with Crippen LogP contribution in [0.4, 0.5) is 10.5 Å². The van der Waals surface area contributed by atoms with E-state index in [1.54, 1.807) is 36.5 Å². The summed E-state index contributed by atoms with van der Waals surface area (Å²) in [6.45, 7) is 0.336. The summed E-state index contributed by atoms with van der Waals surface area (Å²) in [7, 11) is 1.34. The third kappa shape index (κ3) is 5.94. The molecule has 0 aliphatic rings. The monoisotopic (exact) mass is 385 g/mol. The van der Waals surface area contributed by atoms with E-state index in [2.05, 4.69) is 27.5 Å². The molecule has 0 aliphatic carbocycles. The van der Waals surface area contributed by atoms with Gasteiger partial charge in [-0.1, -0.05) is 30.0 Å². The van der Waals surface area contributed by atoms with Crippen molar-refractivity contribution >= 4 is 17.7 Å². The number of urea groups is 1. The molecule has 1 heterocycles. The number of anilines is 1. The van der Waals surface area contributed by atoms with Gasteiger partial charge < -0.3 is 15.4 Å². The smallest absolute Gasteiger partial charge is 0.337 e. The first-order chi connectivity index (χ1) is 14.1. The van der Waals surface area contributed by atoms with E-state index in [1.807, 2.05) is 36.4 Å². The number of aromatic nitrogens is 1. The second-order valence-corrected chi connectivity index (χ2v) is 6.03. The van der Waals surface area contributed by atoms with Crippen LogP contribution in [0.2, 0.25) is 0 Å². The fourth-order valence-corrected chi connectivity index (χ4v) is 2.51. The molecule has 0 bridgehead atoms. The molecule has 2 aromatic carbocycles. The van der Waals surface area contributed by atoms with Crippen molar-refractivity contribution in [2.24, 2.45) is 0 Å². The van der Waals surface area contributed by atoms with Crippen LogP contribution in [0.15, 0.2) is 72.9 Å². The van der Waals surface area contributed by atoms with Gasteiger partial charge >= 0.3 is 12.0 Å². The average molecular weight is 385 g/mol. The lowest BCUT2D eigenvalue weighted by atomic mass is 10.1. The number of rotatable bonds is 4. The van der Waals surface area contributed by atoms with Gasteiger partial charge in [0.2, 0.25) is 0 Å². The Kier molecular flexibility index (Phi) is 6.58. The SMILES string of the molecule is COC(=O)c1cccc(C#Cc2cccc(NC(=O)NCc3ccccn3)c2)c1. The molecule has 0 unspecified atom stereocenters. The minimum atomic E-state index is -0.406. The fraction of sp³-hybridized carbons (Fsp3) is 0.0870. The first kappa shape index (κ1) is 19.6. The van der Waals surface area contributed by atoms with Crippen LogP contribution in [0.25, 0.3) is 0 Å². The van der Waals surface area contributed by atoms with E-state index in [9.17, 15) is 9.59 Å². The molecule has 6 nitrogen and oxygen atoms in total. The summed E-state index contributed by atoms with van der Waals surface area (Å²) < 4.78 is 4.72. The highest BCUT2D eigenvalue weighted by Gasteiger charge is 2.05. The molecule has 144 valence electrons. The molecule has 6 heteroatoms. The Morgan fingerprint density at radius 2 is 1.72 bits per heavy atom. The number of hydrogen-bond donors (Lipinski definition) is 2. The highest BCUT2D eigenvalue weighted by molar-refractivity contribution is 5.90. The highest BCUT2D eigenvalue weighted by Crippen LogP contribution is 2.11. The zero-order valence-corrected chi connectivity index (χ0v) is 15.8. The molecule has 1 aromatic heterocycles. The van der Waals surface area contributed by atoms with Gasteiger partial charge in [0.25, 0.3) is 0 Å². The molecule has 0 atom stereocenters. The van der Waals surface area contributed by atoms with Crippen molar-refractivity contribution in [3.63, 3.8) is 0 Å². The van der Waals surface area contributed by atoms with Gasteiger partial charge in [-0.2, -0.15) is 0 Å². The number of benzene rings is 2. The zero-order chi connectivity index (χ0) is 20.5. The van der Waals surface area contributed by atoms with Gasteiger partial charge in [-0.25, -0.2) is 9.59 Å². The number of nitrogens with zero attached hydrogens (tertiary/aromatic N) is 1. The largest absolute Gasteiger partial charge is 0.465 e. The van der Waals surface area contributed by atoms with E-state index in [0.717, 1.165) is 11.3 Å². The standard InChI is InChI=1S/C23H19N3O3/c1-29-22(27)19-8-4-6-17(14-19)11-12-18-7-5-10-20(15-18)26-23(28)25-16-21-9-2-3-13-24-21/h2-10,13-15H,16H2,1H3,(H2,25,26,28). The minimum absolute atomic E-state index is 0.327. The van der Waals surface area contributed by atoms with Crippen molar-refractivity contribution in [2.45, 2.75) is 6.54 Å². The molecule has 29 heavy (non-hydrogen) atoms. The molecule has 3 rings (SSSR count). The number of carbonyl (C=O) groups excluding carboxylic acids is 2. The second-order valence-electron chi connectivity index (χ2n) is 6.03. The van der Waals surface area contributed by atoms with Crippen LogP contribution in [0.1, 0.15) is 27.2 Å². The Labute approximate surface area is 168 Å². The Morgan fingerprint density at radius 1 is 0.966 bits per heavy atom. The van der Waals surface area contributed by atoms with Gasteiger partial charge in [-0.3, -0.25) is 4.98 Å². The maximum absolute atomic E-state index is 12.1. The lowest BCUT2D eigenvalue weighted by Crippen LogP contribution is -2.28. The normalized spacial score (nSPS) is 9.69. The van der Waals surface area contributed by atoms with Gasteiger partial charge in [0.05, 0.1) is 24.9 Å². The number of hydrogen-bond acceptors (Lipinski definition) is 4. The third-order valence-electron chi connectivity index (χ3n) is 3.91. The van der Waals surface area contributed by atoms with Gasteiger partial charge in [0.1, 0.15) is 0 Å². The van der Waals surface area contributed by atoms with Gasteiger partial charge in [-0.05, 0) is 48.5 Å². The van der Waals surface area contributed by atoms with Crippen molar-refractivity contribution in [1.29, 1.82) is 0 Å². The topological polar surface area (TPSA) is 80.3 Å². The lowest BCUT2D eigenvalue weighted by molar-refractivity contribution is 0.0600. The van der Waals surface area contributed by atoms with Gasteiger partial charge in [0, 0.05) is 23.0 Å². The maximum Gasteiger partial charge on any atom is 0.337 e.